The molecular weight excluding hydrogens is 456 g/mol. The third-order valence-electron chi connectivity index (χ3n) is 4.06. The molecular formula is C18H18BrClN2O2S2. The average molecular weight is 474 g/mol. The molecule has 1 aliphatic rings. The molecule has 3 rings (SSSR count). The number of carbonyl (C=O) groups excluding carboxylic acids is 1. The number of nitrogens with one attached hydrogen (secondary N) is 2. The molecule has 0 radical (unpaired) electrons. The maximum atomic E-state index is 12.5. The van der Waals surface area contributed by atoms with Gasteiger partial charge in [-0.05, 0) is 68.6 Å². The second-order valence-electron chi connectivity index (χ2n) is 5.84. The molecule has 0 saturated heterocycles. The minimum Gasteiger partial charge on any atom is -0.462 e. The van der Waals surface area contributed by atoms with E-state index in [-0.39, 0.29) is 5.97 Å². The van der Waals surface area contributed by atoms with Crippen molar-refractivity contribution in [2.45, 2.75) is 32.6 Å². The van der Waals surface area contributed by atoms with Crippen molar-refractivity contribution < 1.29 is 9.53 Å². The maximum absolute atomic E-state index is 12.5. The number of hydrogen-bond donors (Lipinski definition) is 2. The highest BCUT2D eigenvalue weighted by molar-refractivity contribution is 9.10. The smallest absolute Gasteiger partial charge is 0.341 e. The van der Waals surface area contributed by atoms with Gasteiger partial charge in [-0.2, -0.15) is 0 Å². The van der Waals surface area contributed by atoms with Crippen molar-refractivity contribution in [2.75, 3.05) is 17.2 Å². The van der Waals surface area contributed by atoms with E-state index in [1.165, 1.54) is 4.88 Å². The number of halogens is 2. The van der Waals surface area contributed by atoms with Gasteiger partial charge in [0.1, 0.15) is 5.00 Å². The lowest BCUT2D eigenvalue weighted by atomic mass is 9.95. The number of ether oxygens (including phenoxy) is 1. The zero-order valence-corrected chi connectivity index (χ0v) is 18.1. The highest BCUT2D eigenvalue weighted by atomic mass is 79.9. The van der Waals surface area contributed by atoms with Gasteiger partial charge in [0.25, 0.3) is 0 Å². The Balaban J connectivity index is 1.83. The third-order valence-corrected chi connectivity index (χ3v) is 6.27. The van der Waals surface area contributed by atoms with Gasteiger partial charge in [0.15, 0.2) is 5.11 Å². The van der Waals surface area contributed by atoms with E-state index in [9.17, 15) is 4.79 Å². The van der Waals surface area contributed by atoms with Crippen molar-refractivity contribution in [1.82, 2.24) is 0 Å². The van der Waals surface area contributed by atoms with Gasteiger partial charge in [-0.15, -0.1) is 11.3 Å². The number of thiocarbonyl (C=S) groups is 1. The zero-order valence-electron chi connectivity index (χ0n) is 14.2. The number of esters is 1. The molecule has 4 nitrogen and oxygen atoms in total. The minimum atomic E-state index is -0.293. The summed E-state index contributed by atoms with van der Waals surface area (Å²) < 4.78 is 6.15. The van der Waals surface area contributed by atoms with Crippen molar-refractivity contribution in [3.05, 3.63) is 43.7 Å². The summed E-state index contributed by atoms with van der Waals surface area (Å²) in [5, 5.41) is 7.93. The molecule has 0 spiro atoms. The van der Waals surface area contributed by atoms with Crippen molar-refractivity contribution in [2.24, 2.45) is 0 Å². The average Bonchev–Trinajstić information content (AvgIpc) is 2.95. The quantitative estimate of drug-likeness (QED) is 0.419. The van der Waals surface area contributed by atoms with Gasteiger partial charge in [0.2, 0.25) is 0 Å². The third kappa shape index (κ3) is 4.39. The fraction of sp³-hybridized carbons (Fsp3) is 0.333. The molecule has 0 atom stereocenters. The number of rotatable bonds is 4. The van der Waals surface area contributed by atoms with E-state index in [0.29, 0.717) is 28.0 Å². The molecule has 0 unspecified atom stereocenters. The van der Waals surface area contributed by atoms with Crippen LogP contribution < -0.4 is 10.6 Å². The topological polar surface area (TPSA) is 50.4 Å². The van der Waals surface area contributed by atoms with Crippen LogP contribution in [0.15, 0.2) is 22.7 Å². The number of anilines is 2. The van der Waals surface area contributed by atoms with Gasteiger partial charge >= 0.3 is 5.97 Å². The van der Waals surface area contributed by atoms with Gasteiger partial charge in [-0.25, -0.2) is 4.79 Å². The van der Waals surface area contributed by atoms with Gasteiger partial charge in [0.05, 0.1) is 22.9 Å². The Labute approximate surface area is 175 Å². The largest absolute Gasteiger partial charge is 0.462 e. The van der Waals surface area contributed by atoms with E-state index in [0.717, 1.165) is 40.7 Å². The highest BCUT2D eigenvalue weighted by Crippen LogP contribution is 2.38. The van der Waals surface area contributed by atoms with E-state index in [4.69, 9.17) is 28.6 Å². The maximum Gasteiger partial charge on any atom is 0.341 e. The Morgan fingerprint density at radius 3 is 2.85 bits per heavy atom. The van der Waals surface area contributed by atoms with Crippen LogP contribution in [0, 0.1) is 0 Å². The number of thiophene rings is 1. The Morgan fingerprint density at radius 1 is 1.35 bits per heavy atom. The molecule has 0 fully saturated rings. The van der Waals surface area contributed by atoms with Crippen LogP contribution in [0.5, 0.6) is 0 Å². The summed E-state index contributed by atoms with van der Waals surface area (Å²) in [6, 6.07) is 5.51. The zero-order chi connectivity index (χ0) is 18.7. The van der Waals surface area contributed by atoms with Crippen molar-refractivity contribution >= 4 is 72.9 Å². The van der Waals surface area contributed by atoms with Crippen LogP contribution in [-0.2, 0) is 17.6 Å². The number of aryl methyl sites for hydroxylation is 1. The SMILES string of the molecule is CCOC(=O)c1c(NC(=S)Nc2ccc(Br)cc2Cl)sc2c1CCCC2. The van der Waals surface area contributed by atoms with Gasteiger partial charge < -0.3 is 15.4 Å². The summed E-state index contributed by atoms with van der Waals surface area (Å²) in [4.78, 5) is 13.7. The Bertz CT molecular complexity index is 854. The molecule has 1 aromatic heterocycles. The molecule has 26 heavy (non-hydrogen) atoms. The first kappa shape index (κ1) is 19.6. The summed E-state index contributed by atoms with van der Waals surface area (Å²) in [5.41, 5.74) is 2.43. The summed E-state index contributed by atoms with van der Waals surface area (Å²) in [6.07, 6.45) is 4.13. The Kier molecular flexibility index (Phi) is 6.55. The van der Waals surface area contributed by atoms with Crippen molar-refractivity contribution in [3.8, 4) is 0 Å². The molecule has 0 saturated carbocycles. The van der Waals surface area contributed by atoms with Crippen LogP contribution in [0.2, 0.25) is 5.02 Å². The Morgan fingerprint density at radius 2 is 2.12 bits per heavy atom. The van der Waals surface area contributed by atoms with E-state index in [1.807, 2.05) is 19.1 Å². The molecule has 8 heteroatoms. The molecule has 138 valence electrons. The van der Waals surface area contributed by atoms with Gasteiger partial charge in [-0.3, -0.25) is 0 Å². The van der Waals surface area contributed by atoms with E-state index >= 15 is 0 Å². The van der Waals surface area contributed by atoms with E-state index in [1.54, 1.807) is 17.4 Å². The standard InChI is InChI=1S/C18H18BrClN2O2S2/c1-2-24-17(23)15-11-5-3-4-6-14(11)26-16(15)22-18(25)21-13-8-7-10(19)9-12(13)20/h7-9H,2-6H2,1H3,(H2,21,22,25). The van der Waals surface area contributed by atoms with Gasteiger partial charge in [0, 0.05) is 9.35 Å². The normalized spacial score (nSPS) is 13.0. The minimum absolute atomic E-state index is 0.293. The molecule has 0 amide bonds. The van der Waals surface area contributed by atoms with Crippen LogP contribution in [-0.4, -0.2) is 17.7 Å². The second-order valence-corrected chi connectivity index (χ2v) is 8.68. The van der Waals surface area contributed by atoms with Crippen LogP contribution >= 0.6 is 51.1 Å². The lowest BCUT2D eigenvalue weighted by Gasteiger charge is -2.13. The predicted molar refractivity (Wildman–Crippen MR) is 116 cm³/mol. The van der Waals surface area contributed by atoms with Crippen molar-refractivity contribution in [3.63, 3.8) is 0 Å². The van der Waals surface area contributed by atoms with Crippen LogP contribution in [0.4, 0.5) is 10.7 Å². The molecule has 2 N–H and O–H groups in total. The number of fused-ring (bicyclic) bond motifs is 1. The first-order valence-electron chi connectivity index (χ1n) is 8.34. The van der Waals surface area contributed by atoms with Gasteiger partial charge in [-0.1, -0.05) is 27.5 Å². The highest BCUT2D eigenvalue weighted by Gasteiger charge is 2.26. The predicted octanol–water partition coefficient (Wildman–Crippen LogP) is 6.03. The first-order valence-corrected chi connectivity index (χ1v) is 10.7. The fourth-order valence-corrected chi connectivity index (χ4v) is 5.20. The molecule has 0 bridgehead atoms. The molecule has 1 aliphatic carbocycles. The summed E-state index contributed by atoms with van der Waals surface area (Å²) >= 11 is 16.6. The monoisotopic (exact) mass is 472 g/mol. The lowest BCUT2D eigenvalue weighted by Crippen LogP contribution is -2.20. The molecule has 1 heterocycles. The molecule has 0 aliphatic heterocycles. The number of benzene rings is 1. The van der Waals surface area contributed by atoms with E-state index < -0.39 is 0 Å². The Hall–Kier alpha value is -1.15. The van der Waals surface area contributed by atoms with Crippen LogP contribution in [0.3, 0.4) is 0 Å². The number of carbonyl (C=O) groups is 1. The molecule has 1 aromatic carbocycles. The number of hydrogen-bond acceptors (Lipinski definition) is 4. The van der Waals surface area contributed by atoms with Crippen molar-refractivity contribution in [1.29, 1.82) is 0 Å². The summed E-state index contributed by atoms with van der Waals surface area (Å²) in [7, 11) is 0. The fourth-order valence-electron chi connectivity index (χ4n) is 2.92. The summed E-state index contributed by atoms with van der Waals surface area (Å²) in [6.45, 7) is 2.16. The molecule has 2 aromatic rings. The van der Waals surface area contributed by atoms with Crippen LogP contribution in [0.1, 0.15) is 40.6 Å². The van der Waals surface area contributed by atoms with Crippen LogP contribution in [0.25, 0.3) is 0 Å². The summed E-state index contributed by atoms with van der Waals surface area (Å²) in [5.74, 6) is -0.293. The first-order chi connectivity index (χ1) is 12.5. The second kappa shape index (κ2) is 8.69. The lowest BCUT2D eigenvalue weighted by molar-refractivity contribution is 0.0526. The van der Waals surface area contributed by atoms with E-state index in [2.05, 4.69) is 26.6 Å².